The summed E-state index contributed by atoms with van der Waals surface area (Å²) in [6, 6.07) is 11.6. The average molecular weight is 352 g/mol. The Balaban J connectivity index is 1.95. The second-order valence-corrected chi connectivity index (χ2v) is 5.46. The molecule has 132 valence electrons. The summed E-state index contributed by atoms with van der Waals surface area (Å²) in [6.45, 7) is 0. The molecule has 0 atom stereocenters. The number of phenolic OH excluding ortho intramolecular Hbond substituents is 1. The largest absolute Gasteiger partial charge is 0.502 e. The maximum absolute atomic E-state index is 12.4. The molecule has 1 heterocycles. The van der Waals surface area contributed by atoms with Gasteiger partial charge in [0, 0.05) is 5.39 Å². The Morgan fingerprint density at radius 1 is 1.08 bits per heavy atom. The first-order valence-electron chi connectivity index (χ1n) is 7.73. The second kappa shape index (κ2) is 7.14. The van der Waals surface area contributed by atoms with Crippen molar-refractivity contribution in [2.75, 3.05) is 14.2 Å². The van der Waals surface area contributed by atoms with Crippen LogP contribution in [0.2, 0.25) is 0 Å². The smallest absolute Gasteiger partial charge is 0.347 e. The van der Waals surface area contributed by atoms with E-state index in [-0.39, 0.29) is 22.8 Å². The number of phenols is 1. The van der Waals surface area contributed by atoms with Crippen LogP contribution in [0.1, 0.15) is 15.9 Å². The molecule has 0 saturated carbocycles. The van der Waals surface area contributed by atoms with Crippen LogP contribution in [0.3, 0.4) is 0 Å². The number of ketones is 1. The summed E-state index contributed by atoms with van der Waals surface area (Å²) in [5.41, 5.74) is 0.234. The van der Waals surface area contributed by atoms with Gasteiger partial charge >= 0.3 is 5.63 Å². The van der Waals surface area contributed by atoms with Gasteiger partial charge in [-0.2, -0.15) is 0 Å². The number of hydrogen-bond acceptors (Lipinski definition) is 6. The number of benzene rings is 2. The van der Waals surface area contributed by atoms with E-state index in [0.29, 0.717) is 16.5 Å². The van der Waals surface area contributed by atoms with E-state index in [0.717, 1.165) is 0 Å². The molecule has 0 aliphatic carbocycles. The molecule has 2 aromatic carbocycles. The molecule has 0 aliphatic heterocycles. The minimum Gasteiger partial charge on any atom is -0.502 e. The summed E-state index contributed by atoms with van der Waals surface area (Å²) >= 11 is 0. The van der Waals surface area contributed by atoms with Crippen LogP contribution in [0, 0.1) is 0 Å². The van der Waals surface area contributed by atoms with Crippen molar-refractivity contribution in [1.29, 1.82) is 0 Å². The number of fused-ring (bicyclic) bond motifs is 1. The average Bonchev–Trinajstić information content (AvgIpc) is 2.66. The number of methoxy groups -OCH3 is 2. The van der Waals surface area contributed by atoms with E-state index < -0.39 is 11.4 Å². The number of para-hydroxylation sites is 1. The molecule has 0 amide bonds. The monoisotopic (exact) mass is 352 g/mol. The summed E-state index contributed by atoms with van der Waals surface area (Å²) in [6.07, 6.45) is 2.76. The van der Waals surface area contributed by atoms with Crippen molar-refractivity contribution in [3.05, 3.63) is 70.1 Å². The molecule has 1 aromatic heterocycles. The Hall–Kier alpha value is -3.54. The van der Waals surface area contributed by atoms with Crippen molar-refractivity contribution < 1.29 is 23.8 Å². The van der Waals surface area contributed by atoms with Crippen molar-refractivity contribution in [1.82, 2.24) is 0 Å². The van der Waals surface area contributed by atoms with Gasteiger partial charge in [0.2, 0.25) is 5.75 Å². The van der Waals surface area contributed by atoms with Crippen molar-refractivity contribution in [3.63, 3.8) is 0 Å². The summed E-state index contributed by atoms with van der Waals surface area (Å²) in [4.78, 5) is 24.4. The highest BCUT2D eigenvalue weighted by Gasteiger charge is 2.13. The Morgan fingerprint density at radius 2 is 1.73 bits per heavy atom. The molecule has 0 spiro atoms. The van der Waals surface area contributed by atoms with Gasteiger partial charge in [-0.1, -0.05) is 24.3 Å². The van der Waals surface area contributed by atoms with Crippen LogP contribution in [0.15, 0.2) is 57.8 Å². The maximum atomic E-state index is 12.4. The Bertz CT molecular complexity index is 1040. The lowest BCUT2D eigenvalue weighted by molar-refractivity contribution is 0.104. The molecular weight excluding hydrogens is 336 g/mol. The molecule has 1 N–H and O–H groups in total. The van der Waals surface area contributed by atoms with Crippen LogP contribution in [0.5, 0.6) is 17.2 Å². The number of aromatic hydroxyl groups is 1. The number of allylic oxidation sites excluding steroid dienone is 1. The van der Waals surface area contributed by atoms with Crippen LogP contribution in [-0.2, 0) is 0 Å². The van der Waals surface area contributed by atoms with Gasteiger partial charge in [-0.15, -0.1) is 0 Å². The van der Waals surface area contributed by atoms with Gasteiger partial charge in [0.1, 0.15) is 11.1 Å². The summed E-state index contributed by atoms with van der Waals surface area (Å²) in [5.74, 6) is -0.201. The van der Waals surface area contributed by atoms with Gasteiger partial charge in [0.05, 0.1) is 14.2 Å². The second-order valence-electron chi connectivity index (χ2n) is 5.46. The number of hydrogen-bond donors (Lipinski definition) is 1. The van der Waals surface area contributed by atoms with Crippen molar-refractivity contribution in [3.8, 4) is 17.2 Å². The van der Waals surface area contributed by atoms with Crippen LogP contribution in [-0.4, -0.2) is 25.1 Å². The predicted octanol–water partition coefficient (Wildman–Crippen LogP) is 3.41. The molecule has 6 nitrogen and oxygen atoms in total. The molecule has 6 heteroatoms. The molecule has 26 heavy (non-hydrogen) atoms. The molecule has 3 aromatic rings. The zero-order valence-corrected chi connectivity index (χ0v) is 14.2. The van der Waals surface area contributed by atoms with E-state index in [2.05, 4.69) is 0 Å². The van der Waals surface area contributed by atoms with E-state index in [1.54, 1.807) is 36.4 Å². The molecule has 0 bridgehead atoms. The number of ether oxygens (including phenoxy) is 2. The third kappa shape index (κ3) is 3.30. The third-order valence-electron chi connectivity index (χ3n) is 3.84. The number of rotatable bonds is 5. The van der Waals surface area contributed by atoms with E-state index >= 15 is 0 Å². The molecule has 0 unspecified atom stereocenters. The molecule has 0 aliphatic rings. The maximum Gasteiger partial charge on any atom is 0.347 e. The minimum absolute atomic E-state index is 0.0577. The first kappa shape index (κ1) is 17.3. The van der Waals surface area contributed by atoms with Gasteiger partial charge in [-0.25, -0.2) is 4.79 Å². The number of carbonyl (C=O) groups is 1. The van der Waals surface area contributed by atoms with Gasteiger partial charge in [-0.05, 0) is 35.9 Å². The van der Waals surface area contributed by atoms with Gasteiger partial charge < -0.3 is 19.0 Å². The fourth-order valence-electron chi connectivity index (χ4n) is 2.51. The van der Waals surface area contributed by atoms with E-state index in [9.17, 15) is 14.7 Å². The summed E-state index contributed by atoms with van der Waals surface area (Å²) in [7, 11) is 2.82. The fraction of sp³-hybridized carbons (Fsp3) is 0.100. The van der Waals surface area contributed by atoms with Crippen LogP contribution < -0.4 is 15.1 Å². The highest BCUT2D eigenvalue weighted by atomic mass is 16.5. The highest BCUT2D eigenvalue weighted by molar-refractivity contribution is 6.07. The first-order chi connectivity index (χ1) is 12.5. The van der Waals surface area contributed by atoms with Gasteiger partial charge in [-0.3, -0.25) is 4.79 Å². The normalized spacial score (nSPS) is 11.0. The Labute approximate surface area is 148 Å². The van der Waals surface area contributed by atoms with Gasteiger partial charge in [0.25, 0.3) is 0 Å². The Morgan fingerprint density at radius 3 is 2.38 bits per heavy atom. The summed E-state index contributed by atoms with van der Waals surface area (Å²) in [5, 5.41) is 10.6. The quantitative estimate of drug-likeness (QED) is 0.430. The summed E-state index contributed by atoms with van der Waals surface area (Å²) < 4.78 is 15.3. The zero-order valence-electron chi connectivity index (χ0n) is 14.2. The van der Waals surface area contributed by atoms with Crippen molar-refractivity contribution in [2.45, 2.75) is 0 Å². The predicted molar refractivity (Wildman–Crippen MR) is 97.1 cm³/mol. The molecule has 0 saturated heterocycles. The lowest BCUT2D eigenvalue weighted by Gasteiger charge is -2.09. The zero-order chi connectivity index (χ0) is 18.7. The lowest BCUT2D eigenvalue weighted by atomic mass is 10.1. The topological polar surface area (TPSA) is 86.0 Å². The lowest BCUT2D eigenvalue weighted by Crippen LogP contribution is -2.11. The van der Waals surface area contributed by atoms with Crippen LogP contribution >= 0.6 is 0 Å². The van der Waals surface area contributed by atoms with Crippen molar-refractivity contribution >= 4 is 22.8 Å². The van der Waals surface area contributed by atoms with Crippen molar-refractivity contribution in [2.24, 2.45) is 0 Å². The Kier molecular flexibility index (Phi) is 4.75. The molecule has 0 radical (unpaired) electrons. The number of carbonyl (C=O) groups excluding carboxylic acids is 1. The van der Waals surface area contributed by atoms with E-state index in [1.165, 1.54) is 32.4 Å². The molecular formula is C20H16O6. The minimum atomic E-state index is -0.695. The fourth-order valence-corrected chi connectivity index (χ4v) is 2.51. The standard InChI is InChI=1S/C20H16O6/c1-24-17-9-12(10-18(25-2)19(17)22)7-8-15(21)14-11-13-5-3-4-6-16(13)26-20(14)23/h3-11,22H,1-2H3/b8-7+. The van der Waals surface area contributed by atoms with Crippen LogP contribution in [0.25, 0.3) is 17.0 Å². The molecule has 0 fully saturated rings. The van der Waals surface area contributed by atoms with E-state index in [1.807, 2.05) is 0 Å². The van der Waals surface area contributed by atoms with Gasteiger partial charge in [0.15, 0.2) is 17.3 Å². The highest BCUT2D eigenvalue weighted by Crippen LogP contribution is 2.37. The first-order valence-corrected chi connectivity index (χ1v) is 7.73. The SMILES string of the molecule is COc1cc(/C=C/C(=O)c2cc3ccccc3oc2=O)cc(OC)c1O. The third-order valence-corrected chi connectivity index (χ3v) is 3.84. The molecule has 3 rings (SSSR count). The van der Waals surface area contributed by atoms with Crippen LogP contribution in [0.4, 0.5) is 0 Å². The van der Waals surface area contributed by atoms with E-state index in [4.69, 9.17) is 13.9 Å².